The van der Waals surface area contributed by atoms with Crippen LogP contribution in [0.15, 0.2) is 42.5 Å². The van der Waals surface area contributed by atoms with Gasteiger partial charge in [0.2, 0.25) is 0 Å². The molecule has 0 aliphatic carbocycles. The van der Waals surface area contributed by atoms with Gasteiger partial charge in [0.05, 0.1) is 18.4 Å². The maximum atomic E-state index is 10.6. The smallest absolute Gasteiger partial charge is 0.124 e. The summed E-state index contributed by atoms with van der Waals surface area (Å²) in [5.41, 5.74) is 3.29. The molecule has 1 aliphatic heterocycles. The quantitative estimate of drug-likeness (QED) is 0.704. The molecular weight excluding hydrogens is 338 g/mol. The Morgan fingerprint density at radius 1 is 1.22 bits per heavy atom. The van der Waals surface area contributed by atoms with Crippen molar-refractivity contribution in [1.29, 1.82) is 0 Å². The number of aliphatic hydroxyl groups is 1. The monoisotopic (exact) mass is 365 g/mol. The number of aromatic nitrogens is 2. The number of hydrogen-bond donors (Lipinski definition) is 2. The Hall–Kier alpha value is -2.37. The predicted molar refractivity (Wildman–Crippen MR) is 107 cm³/mol. The van der Waals surface area contributed by atoms with E-state index in [2.05, 4.69) is 57.6 Å². The molecule has 5 nitrogen and oxygen atoms in total. The molecule has 142 valence electrons. The lowest BCUT2D eigenvalue weighted by atomic mass is 10.00. The standard InChI is InChI=1S/C22H27N3O2/c1-3-27-22-9-8-16-6-4-5-7-19(16)20(22)13-25-12-17(21(26)14-25)11-18-10-15(2)23-24-18/h4-10,17,21,26H,3,11-14H2,1-2H3,(H,23,24)/t17-,21-/m1/s1. The van der Waals surface area contributed by atoms with Crippen LogP contribution in [0.2, 0.25) is 0 Å². The van der Waals surface area contributed by atoms with E-state index in [1.165, 1.54) is 16.3 Å². The van der Waals surface area contributed by atoms with Crippen LogP contribution in [0.1, 0.15) is 23.9 Å². The number of aryl methyl sites for hydroxylation is 1. The number of rotatable bonds is 6. The van der Waals surface area contributed by atoms with Crippen molar-refractivity contribution in [2.75, 3.05) is 19.7 Å². The topological polar surface area (TPSA) is 61.4 Å². The van der Waals surface area contributed by atoms with E-state index in [0.717, 1.165) is 36.6 Å². The van der Waals surface area contributed by atoms with Crippen LogP contribution in [-0.4, -0.2) is 46.0 Å². The van der Waals surface area contributed by atoms with Gasteiger partial charge in [0.25, 0.3) is 0 Å². The minimum absolute atomic E-state index is 0.207. The van der Waals surface area contributed by atoms with E-state index in [1.54, 1.807) is 0 Å². The second-order valence-electron chi connectivity index (χ2n) is 7.46. The van der Waals surface area contributed by atoms with Crippen molar-refractivity contribution in [1.82, 2.24) is 15.1 Å². The number of likely N-dealkylation sites (tertiary alicyclic amines) is 1. The summed E-state index contributed by atoms with van der Waals surface area (Å²) in [6, 6.07) is 14.7. The Morgan fingerprint density at radius 3 is 2.85 bits per heavy atom. The number of nitrogens with one attached hydrogen (secondary N) is 1. The molecule has 0 bridgehead atoms. The van der Waals surface area contributed by atoms with Crippen LogP contribution in [0.3, 0.4) is 0 Å². The SMILES string of the molecule is CCOc1ccc2ccccc2c1CN1C[C@@H](Cc2cc(C)[nH]n2)[C@H](O)C1. The lowest BCUT2D eigenvalue weighted by Gasteiger charge is -2.20. The largest absolute Gasteiger partial charge is 0.494 e. The molecule has 2 heterocycles. The van der Waals surface area contributed by atoms with E-state index in [1.807, 2.05) is 13.8 Å². The lowest BCUT2D eigenvalue weighted by molar-refractivity contribution is 0.140. The summed E-state index contributed by atoms with van der Waals surface area (Å²) in [6.45, 7) is 6.99. The minimum atomic E-state index is -0.326. The molecule has 2 aromatic carbocycles. The summed E-state index contributed by atoms with van der Waals surface area (Å²) >= 11 is 0. The molecule has 27 heavy (non-hydrogen) atoms. The van der Waals surface area contributed by atoms with Crippen LogP contribution in [-0.2, 0) is 13.0 Å². The normalized spacial score (nSPS) is 20.4. The molecule has 0 saturated carbocycles. The Kier molecular flexibility index (Phi) is 5.14. The molecule has 0 amide bonds. The second-order valence-corrected chi connectivity index (χ2v) is 7.46. The van der Waals surface area contributed by atoms with Crippen LogP contribution in [0, 0.1) is 12.8 Å². The molecule has 2 N–H and O–H groups in total. The van der Waals surface area contributed by atoms with Gasteiger partial charge in [-0.25, -0.2) is 0 Å². The number of aromatic amines is 1. The van der Waals surface area contributed by atoms with Gasteiger partial charge in [0.1, 0.15) is 5.75 Å². The summed E-state index contributed by atoms with van der Waals surface area (Å²) in [4.78, 5) is 2.33. The first kappa shape index (κ1) is 18.0. The minimum Gasteiger partial charge on any atom is -0.494 e. The van der Waals surface area contributed by atoms with Gasteiger partial charge in [0, 0.05) is 36.8 Å². The molecule has 1 aliphatic rings. The molecule has 1 aromatic heterocycles. The fourth-order valence-corrected chi connectivity index (χ4v) is 4.11. The van der Waals surface area contributed by atoms with E-state index in [9.17, 15) is 5.11 Å². The van der Waals surface area contributed by atoms with E-state index in [-0.39, 0.29) is 12.0 Å². The van der Waals surface area contributed by atoms with E-state index < -0.39 is 0 Å². The maximum Gasteiger partial charge on any atom is 0.124 e. The molecule has 3 aromatic rings. The molecule has 0 radical (unpaired) electrons. The molecule has 5 heteroatoms. The van der Waals surface area contributed by atoms with E-state index in [0.29, 0.717) is 13.2 Å². The van der Waals surface area contributed by atoms with Crippen molar-refractivity contribution in [3.8, 4) is 5.75 Å². The Bertz CT molecular complexity index is 921. The van der Waals surface area contributed by atoms with E-state index >= 15 is 0 Å². The fourth-order valence-electron chi connectivity index (χ4n) is 4.11. The zero-order valence-corrected chi connectivity index (χ0v) is 16.0. The Labute approximate surface area is 160 Å². The summed E-state index contributed by atoms with van der Waals surface area (Å²) in [7, 11) is 0. The Morgan fingerprint density at radius 2 is 2.07 bits per heavy atom. The number of nitrogens with zero attached hydrogens (tertiary/aromatic N) is 2. The highest BCUT2D eigenvalue weighted by Gasteiger charge is 2.32. The second kappa shape index (κ2) is 7.71. The summed E-state index contributed by atoms with van der Waals surface area (Å²) in [6.07, 6.45) is 0.475. The number of aliphatic hydroxyl groups excluding tert-OH is 1. The summed E-state index contributed by atoms with van der Waals surface area (Å²) in [5, 5.41) is 20.3. The van der Waals surface area contributed by atoms with Gasteiger partial charge >= 0.3 is 0 Å². The van der Waals surface area contributed by atoms with Gasteiger partial charge in [0.15, 0.2) is 0 Å². The number of H-pyrrole nitrogens is 1. The van der Waals surface area contributed by atoms with E-state index in [4.69, 9.17) is 4.74 Å². The van der Waals surface area contributed by atoms with Crippen LogP contribution in [0.25, 0.3) is 10.8 Å². The first-order valence-electron chi connectivity index (χ1n) is 9.68. The van der Waals surface area contributed by atoms with Gasteiger partial charge in [-0.2, -0.15) is 5.10 Å². The van der Waals surface area contributed by atoms with Crippen molar-refractivity contribution >= 4 is 10.8 Å². The van der Waals surface area contributed by atoms with Crippen molar-refractivity contribution in [3.63, 3.8) is 0 Å². The highest BCUT2D eigenvalue weighted by molar-refractivity contribution is 5.87. The van der Waals surface area contributed by atoms with Crippen LogP contribution in [0.4, 0.5) is 0 Å². The van der Waals surface area contributed by atoms with Gasteiger partial charge in [-0.1, -0.05) is 30.3 Å². The number of benzene rings is 2. The lowest BCUT2D eigenvalue weighted by Crippen LogP contribution is -2.22. The highest BCUT2D eigenvalue weighted by Crippen LogP contribution is 2.31. The maximum absolute atomic E-state index is 10.6. The van der Waals surface area contributed by atoms with Crippen molar-refractivity contribution < 1.29 is 9.84 Å². The third-order valence-corrected chi connectivity index (χ3v) is 5.39. The molecule has 0 spiro atoms. The molecule has 4 rings (SSSR count). The molecule has 1 fully saturated rings. The zero-order chi connectivity index (χ0) is 18.8. The van der Waals surface area contributed by atoms with Crippen molar-refractivity contribution in [2.45, 2.75) is 32.9 Å². The van der Waals surface area contributed by atoms with Crippen molar-refractivity contribution in [3.05, 3.63) is 59.4 Å². The average Bonchev–Trinajstić information content (AvgIpc) is 3.22. The predicted octanol–water partition coefficient (Wildman–Crippen LogP) is 3.31. The molecular formula is C22H27N3O2. The number of fused-ring (bicyclic) bond motifs is 1. The third kappa shape index (κ3) is 3.84. The highest BCUT2D eigenvalue weighted by atomic mass is 16.5. The van der Waals surface area contributed by atoms with Crippen LogP contribution in [0.5, 0.6) is 5.75 Å². The number of hydrogen-bond acceptors (Lipinski definition) is 4. The van der Waals surface area contributed by atoms with Gasteiger partial charge < -0.3 is 9.84 Å². The summed E-state index contributed by atoms with van der Waals surface area (Å²) < 4.78 is 5.90. The van der Waals surface area contributed by atoms with Gasteiger partial charge in [-0.3, -0.25) is 10.00 Å². The van der Waals surface area contributed by atoms with Crippen LogP contribution < -0.4 is 4.74 Å². The third-order valence-electron chi connectivity index (χ3n) is 5.39. The molecule has 2 atom stereocenters. The van der Waals surface area contributed by atoms with Crippen LogP contribution >= 0.6 is 0 Å². The van der Waals surface area contributed by atoms with Gasteiger partial charge in [-0.15, -0.1) is 0 Å². The summed E-state index contributed by atoms with van der Waals surface area (Å²) in [5.74, 6) is 1.15. The molecule has 0 unspecified atom stereocenters. The first-order valence-corrected chi connectivity index (χ1v) is 9.68. The number of ether oxygens (including phenoxy) is 1. The fraction of sp³-hybridized carbons (Fsp3) is 0.409. The first-order chi connectivity index (χ1) is 13.1. The van der Waals surface area contributed by atoms with Gasteiger partial charge in [-0.05, 0) is 43.2 Å². The molecule has 1 saturated heterocycles. The Balaban J connectivity index is 1.54. The number of β-amino-alcohol motifs (C(OH)–C–C–N with tert-alkyl or cyclic N) is 1. The van der Waals surface area contributed by atoms with Crippen molar-refractivity contribution in [2.24, 2.45) is 5.92 Å². The average molecular weight is 365 g/mol. The zero-order valence-electron chi connectivity index (χ0n) is 16.0.